The minimum Gasteiger partial charge on any atom is -0.366 e. The van der Waals surface area contributed by atoms with Crippen molar-refractivity contribution < 1.29 is 9.18 Å². The number of carbonyl (C=O) groups excluding carboxylic acids is 1. The minimum atomic E-state index is -0.522. The molecule has 1 fully saturated rings. The highest BCUT2D eigenvalue weighted by molar-refractivity contribution is 7.18. The Morgan fingerprint density at radius 1 is 1.22 bits per heavy atom. The topological polar surface area (TPSA) is 85.0 Å². The smallest absolute Gasteiger partial charge is 0.249 e. The Balaban J connectivity index is 1.71. The molecule has 1 saturated carbocycles. The van der Waals surface area contributed by atoms with Crippen LogP contribution in [0.2, 0.25) is 0 Å². The number of hydrogen-bond donors (Lipinski definition) is 1. The van der Waals surface area contributed by atoms with Crippen molar-refractivity contribution in [3.05, 3.63) is 59.7 Å². The molecule has 1 aliphatic carbocycles. The molecule has 1 amide bonds. The Hall–Kier alpha value is -2.87. The van der Waals surface area contributed by atoms with Crippen LogP contribution in [0.4, 0.5) is 9.52 Å². The average Bonchev–Trinajstić information content (AvgIpc) is 3.12. The second kappa shape index (κ2) is 6.70. The number of benzene rings is 1. The van der Waals surface area contributed by atoms with Gasteiger partial charge in [0, 0.05) is 24.4 Å². The van der Waals surface area contributed by atoms with Crippen molar-refractivity contribution in [2.75, 3.05) is 11.9 Å². The second-order valence-electron chi connectivity index (χ2n) is 6.58. The first-order valence-electron chi connectivity index (χ1n) is 8.60. The Morgan fingerprint density at radius 3 is 2.67 bits per heavy atom. The van der Waals surface area contributed by atoms with Crippen LogP contribution in [-0.2, 0) is 5.54 Å². The highest BCUT2D eigenvalue weighted by Crippen LogP contribution is 2.48. The quantitative estimate of drug-likeness (QED) is 0.730. The molecule has 2 aromatic heterocycles. The maximum Gasteiger partial charge on any atom is 0.249 e. The van der Waals surface area contributed by atoms with Crippen molar-refractivity contribution in [1.29, 1.82) is 0 Å². The lowest BCUT2D eigenvalue weighted by Crippen LogP contribution is -2.50. The third-order valence-electron chi connectivity index (χ3n) is 5.15. The predicted octanol–water partition coefficient (Wildman–Crippen LogP) is 3.35. The third-order valence-corrected chi connectivity index (χ3v) is 6.18. The van der Waals surface area contributed by atoms with Crippen LogP contribution in [0.25, 0.3) is 10.6 Å². The lowest BCUT2D eigenvalue weighted by molar-refractivity contribution is 0.100. The van der Waals surface area contributed by atoms with E-state index in [0.29, 0.717) is 27.0 Å². The fraction of sp³-hybridized carbons (Fsp3) is 0.263. The molecule has 1 aliphatic rings. The van der Waals surface area contributed by atoms with E-state index in [1.807, 2.05) is 18.0 Å². The predicted molar refractivity (Wildman–Crippen MR) is 102 cm³/mol. The average molecular weight is 383 g/mol. The van der Waals surface area contributed by atoms with Gasteiger partial charge in [-0.05, 0) is 37.5 Å². The Kier molecular flexibility index (Phi) is 4.35. The Labute approximate surface area is 159 Å². The second-order valence-corrected chi connectivity index (χ2v) is 7.53. The molecule has 0 saturated heterocycles. The van der Waals surface area contributed by atoms with Crippen LogP contribution < -0.4 is 10.6 Å². The molecule has 0 atom stereocenters. The molecule has 8 heteroatoms. The molecule has 2 N–H and O–H groups in total. The lowest BCUT2D eigenvalue weighted by atomic mass is 9.73. The number of anilines is 1. The number of primary amides is 1. The van der Waals surface area contributed by atoms with Crippen molar-refractivity contribution in [1.82, 2.24) is 15.2 Å². The maximum absolute atomic E-state index is 14.4. The first-order valence-corrected chi connectivity index (χ1v) is 9.42. The van der Waals surface area contributed by atoms with Crippen LogP contribution in [0.1, 0.15) is 35.3 Å². The van der Waals surface area contributed by atoms with Gasteiger partial charge in [0.15, 0.2) is 0 Å². The molecular weight excluding hydrogens is 365 g/mol. The SMILES string of the molecule is CN(c1nnc(-c2ccccc2C(N)=O)s1)C1(c2ncccc2F)CCC1. The van der Waals surface area contributed by atoms with E-state index in [-0.39, 0.29) is 5.82 Å². The summed E-state index contributed by atoms with van der Waals surface area (Å²) < 4.78 is 14.4. The summed E-state index contributed by atoms with van der Waals surface area (Å²) in [6, 6.07) is 10.1. The van der Waals surface area contributed by atoms with Crippen molar-refractivity contribution in [2.24, 2.45) is 5.73 Å². The van der Waals surface area contributed by atoms with Crippen LogP contribution in [0.15, 0.2) is 42.6 Å². The Bertz CT molecular complexity index is 1000. The van der Waals surface area contributed by atoms with Gasteiger partial charge in [-0.1, -0.05) is 29.5 Å². The van der Waals surface area contributed by atoms with Gasteiger partial charge in [-0.15, -0.1) is 10.2 Å². The van der Waals surface area contributed by atoms with Gasteiger partial charge in [0.2, 0.25) is 11.0 Å². The van der Waals surface area contributed by atoms with Gasteiger partial charge in [0.05, 0.1) is 5.54 Å². The molecule has 0 bridgehead atoms. The fourth-order valence-electron chi connectivity index (χ4n) is 3.50. The number of rotatable bonds is 5. The van der Waals surface area contributed by atoms with Gasteiger partial charge < -0.3 is 10.6 Å². The molecule has 0 aliphatic heterocycles. The minimum absolute atomic E-state index is 0.312. The van der Waals surface area contributed by atoms with Crippen LogP contribution in [0.5, 0.6) is 0 Å². The fourth-order valence-corrected chi connectivity index (χ4v) is 4.43. The van der Waals surface area contributed by atoms with E-state index >= 15 is 0 Å². The molecule has 1 aromatic carbocycles. The van der Waals surface area contributed by atoms with Crippen LogP contribution >= 0.6 is 11.3 Å². The number of halogens is 1. The van der Waals surface area contributed by atoms with E-state index in [1.165, 1.54) is 17.4 Å². The standard InChI is InChI=1S/C19H18FN5OS/c1-25(19(9-5-10-19)15-14(20)8-4-11-22-15)18-24-23-17(27-18)13-7-3-2-6-12(13)16(21)26/h2-4,6-8,11H,5,9-10H2,1H3,(H2,21,26). The molecule has 0 spiro atoms. The van der Waals surface area contributed by atoms with Gasteiger partial charge in [0.25, 0.3) is 0 Å². The number of nitrogens with two attached hydrogens (primary N) is 1. The first kappa shape index (κ1) is 17.5. The summed E-state index contributed by atoms with van der Waals surface area (Å²) >= 11 is 1.35. The number of aromatic nitrogens is 3. The lowest BCUT2D eigenvalue weighted by Gasteiger charge is -2.47. The largest absolute Gasteiger partial charge is 0.366 e. The molecule has 0 unspecified atom stereocenters. The summed E-state index contributed by atoms with van der Waals surface area (Å²) in [7, 11) is 1.89. The molecule has 4 rings (SSSR count). The molecule has 138 valence electrons. The number of nitrogens with zero attached hydrogens (tertiary/aromatic N) is 4. The highest BCUT2D eigenvalue weighted by atomic mass is 32.1. The van der Waals surface area contributed by atoms with Crippen molar-refractivity contribution in [3.63, 3.8) is 0 Å². The zero-order valence-corrected chi connectivity index (χ0v) is 15.5. The van der Waals surface area contributed by atoms with E-state index in [0.717, 1.165) is 19.3 Å². The number of hydrogen-bond acceptors (Lipinski definition) is 6. The van der Waals surface area contributed by atoms with E-state index in [4.69, 9.17) is 5.73 Å². The zero-order chi connectivity index (χ0) is 19.0. The molecule has 27 heavy (non-hydrogen) atoms. The van der Waals surface area contributed by atoms with E-state index in [9.17, 15) is 9.18 Å². The summed E-state index contributed by atoms with van der Waals surface area (Å²) in [4.78, 5) is 17.9. The first-order chi connectivity index (χ1) is 13.0. The number of carbonyl (C=O) groups is 1. The van der Waals surface area contributed by atoms with Crippen molar-refractivity contribution in [2.45, 2.75) is 24.8 Å². The van der Waals surface area contributed by atoms with E-state index in [1.54, 1.807) is 30.5 Å². The van der Waals surface area contributed by atoms with Crippen LogP contribution in [0, 0.1) is 5.82 Å². The van der Waals surface area contributed by atoms with Crippen LogP contribution in [-0.4, -0.2) is 28.1 Å². The third kappa shape index (κ3) is 2.86. The van der Waals surface area contributed by atoms with Gasteiger partial charge in [0.1, 0.15) is 16.5 Å². The van der Waals surface area contributed by atoms with Gasteiger partial charge in [-0.2, -0.15) is 0 Å². The molecule has 0 radical (unpaired) electrons. The maximum atomic E-state index is 14.4. The summed E-state index contributed by atoms with van der Waals surface area (Å²) in [5, 5.41) is 9.78. The summed E-state index contributed by atoms with van der Waals surface area (Å²) in [6.45, 7) is 0. The van der Waals surface area contributed by atoms with Crippen molar-refractivity contribution >= 4 is 22.4 Å². The van der Waals surface area contributed by atoms with Crippen LogP contribution in [0.3, 0.4) is 0 Å². The van der Waals surface area contributed by atoms with Gasteiger partial charge in [-0.3, -0.25) is 9.78 Å². The van der Waals surface area contributed by atoms with Gasteiger partial charge in [-0.25, -0.2) is 4.39 Å². The van der Waals surface area contributed by atoms with E-state index in [2.05, 4.69) is 15.2 Å². The molecule has 3 aromatic rings. The monoisotopic (exact) mass is 383 g/mol. The number of pyridine rings is 1. The zero-order valence-electron chi connectivity index (χ0n) is 14.7. The molecular formula is C19H18FN5OS. The van der Waals surface area contributed by atoms with Crippen molar-refractivity contribution in [3.8, 4) is 10.6 Å². The normalized spacial score (nSPS) is 15.2. The Morgan fingerprint density at radius 2 is 2.00 bits per heavy atom. The highest BCUT2D eigenvalue weighted by Gasteiger charge is 2.46. The summed E-state index contributed by atoms with van der Waals surface area (Å²) in [6.07, 6.45) is 4.20. The summed E-state index contributed by atoms with van der Waals surface area (Å²) in [5.74, 6) is -0.824. The molecule has 2 heterocycles. The van der Waals surface area contributed by atoms with Gasteiger partial charge >= 0.3 is 0 Å². The summed E-state index contributed by atoms with van der Waals surface area (Å²) in [5.41, 5.74) is 6.43. The molecule has 6 nitrogen and oxygen atoms in total. The number of amides is 1. The van der Waals surface area contributed by atoms with E-state index < -0.39 is 11.4 Å².